The van der Waals surface area contributed by atoms with Crippen molar-refractivity contribution in [2.24, 2.45) is 0 Å². The molecule has 1 N–H and O–H groups in total. The summed E-state index contributed by atoms with van der Waals surface area (Å²) in [6.45, 7) is 3.74. The van der Waals surface area contributed by atoms with E-state index in [2.05, 4.69) is 5.32 Å². The maximum Gasteiger partial charge on any atom is 0.270 e. The number of nitro groups is 1. The van der Waals surface area contributed by atoms with Crippen LogP contribution in [-0.2, 0) is 0 Å². The van der Waals surface area contributed by atoms with Crippen molar-refractivity contribution >= 4 is 23.2 Å². The molecule has 0 aliphatic heterocycles. The molecule has 0 radical (unpaired) electrons. The third-order valence-corrected chi connectivity index (χ3v) is 3.40. The smallest absolute Gasteiger partial charge is 0.270 e. The molecule has 0 fully saturated rings. The molecule has 1 atom stereocenters. The average molecular weight is 271 g/mol. The van der Waals surface area contributed by atoms with Gasteiger partial charge in [0, 0.05) is 23.6 Å². The lowest BCUT2D eigenvalue weighted by Crippen LogP contribution is -2.47. The topological polar surface area (TPSA) is 72.2 Å². The van der Waals surface area contributed by atoms with E-state index >= 15 is 0 Å². The van der Waals surface area contributed by atoms with Gasteiger partial charge in [-0.2, -0.15) is 0 Å². The van der Waals surface area contributed by atoms with Crippen LogP contribution in [-0.4, -0.2) is 22.2 Å². The number of amides is 1. The molecule has 1 aromatic rings. The Labute approximate surface area is 110 Å². The van der Waals surface area contributed by atoms with Crippen LogP contribution in [0.5, 0.6) is 0 Å². The number of rotatable bonds is 5. The summed E-state index contributed by atoms with van der Waals surface area (Å²) in [6, 6.07) is 5.61. The molecular formula is C12H15ClN2O3. The highest BCUT2D eigenvalue weighted by molar-refractivity contribution is 6.18. The summed E-state index contributed by atoms with van der Waals surface area (Å²) < 4.78 is 0. The van der Waals surface area contributed by atoms with E-state index in [0.29, 0.717) is 6.42 Å². The van der Waals surface area contributed by atoms with Gasteiger partial charge in [-0.1, -0.05) is 13.0 Å². The van der Waals surface area contributed by atoms with Crippen molar-refractivity contribution in [2.45, 2.75) is 25.8 Å². The minimum atomic E-state index is -0.530. The first kappa shape index (κ1) is 14.4. The second-order valence-corrected chi connectivity index (χ2v) is 4.58. The number of carbonyl (C=O) groups is 1. The second-order valence-electron chi connectivity index (χ2n) is 4.31. The van der Waals surface area contributed by atoms with E-state index in [1.54, 1.807) is 0 Å². The first-order chi connectivity index (χ1) is 8.41. The fourth-order valence-corrected chi connectivity index (χ4v) is 1.58. The van der Waals surface area contributed by atoms with Gasteiger partial charge in [0.1, 0.15) is 0 Å². The van der Waals surface area contributed by atoms with Gasteiger partial charge in [0.15, 0.2) is 0 Å². The number of halogens is 1. The molecule has 0 aromatic heterocycles. The molecule has 0 bridgehead atoms. The lowest BCUT2D eigenvalue weighted by atomic mass is 10.0. The van der Waals surface area contributed by atoms with E-state index in [0.717, 1.165) is 0 Å². The maximum atomic E-state index is 12.0. The lowest BCUT2D eigenvalue weighted by molar-refractivity contribution is -0.384. The van der Waals surface area contributed by atoms with Gasteiger partial charge < -0.3 is 5.32 Å². The summed E-state index contributed by atoms with van der Waals surface area (Å²) in [5.74, 6) is -0.0758. The van der Waals surface area contributed by atoms with Crippen LogP contribution >= 0.6 is 11.6 Å². The van der Waals surface area contributed by atoms with Crippen LogP contribution in [0.2, 0.25) is 0 Å². The molecule has 0 aliphatic carbocycles. The Morgan fingerprint density at radius 1 is 1.56 bits per heavy atom. The van der Waals surface area contributed by atoms with Crippen LogP contribution in [0.15, 0.2) is 24.3 Å². The highest BCUT2D eigenvalue weighted by Crippen LogP contribution is 2.16. The molecular weight excluding hydrogens is 256 g/mol. The van der Waals surface area contributed by atoms with E-state index in [1.807, 2.05) is 13.8 Å². The number of nitro benzene ring substituents is 1. The Hall–Kier alpha value is -1.62. The van der Waals surface area contributed by atoms with Crippen molar-refractivity contribution in [3.8, 4) is 0 Å². The van der Waals surface area contributed by atoms with Crippen LogP contribution in [0.25, 0.3) is 0 Å². The van der Waals surface area contributed by atoms with Gasteiger partial charge in [0.25, 0.3) is 11.6 Å². The van der Waals surface area contributed by atoms with Crippen molar-refractivity contribution in [1.82, 2.24) is 5.32 Å². The van der Waals surface area contributed by atoms with E-state index in [4.69, 9.17) is 11.6 Å². The van der Waals surface area contributed by atoms with E-state index in [-0.39, 0.29) is 23.0 Å². The van der Waals surface area contributed by atoms with E-state index in [1.165, 1.54) is 24.3 Å². The quantitative estimate of drug-likeness (QED) is 0.508. The molecule has 0 heterocycles. The Morgan fingerprint density at radius 2 is 2.22 bits per heavy atom. The predicted molar refractivity (Wildman–Crippen MR) is 70.0 cm³/mol. The van der Waals surface area contributed by atoms with Gasteiger partial charge in [0.2, 0.25) is 0 Å². The summed E-state index contributed by atoms with van der Waals surface area (Å²) in [6.07, 6.45) is 0.678. The van der Waals surface area contributed by atoms with Crippen LogP contribution < -0.4 is 5.32 Å². The minimum absolute atomic E-state index is 0.105. The standard InChI is InChI=1S/C12H15ClN2O3/c1-3-12(2,8-13)14-11(16)9-5-4-6-10(7-9)15(17)18/h4-7H,3,8H2,1-2H3,(H,14,16). The van der Waals surface area contributed by atoms with Gasteiger partial charge in [0.05, 0.1) is 10.5 Å². The predicted octanol–water partition coefficient (Wildman–Crippen LogP) is 2.73. The SMILES string of the molecule is CCC(C)(CCl)NC(=O)c1cccc([N+](=O)[O-])c1. The van der Waals surface area contributed by atoms with Crippen molar-refractivity contribution in [2.75, 3.05) is 5.88 Å². The minimum Gasteiger partial charge on any atom is -0.346 e. The van der Waals surface area contributed by atoms with Crippen LogP contribution in [0.1, 0.15) is 30.6 Å². The van der Waals surface area contributed by atoms with E-state index in [9.17, 15) is 14.9 Å². The monoisotopic (exact) mass is 270 g/mol. The largest absolute Gasteiger partial charge is 0.346 e. The Bertz CT molecular complexity index is 458. The average Bonchev–Trinajstić information content (AvgIpc) is 2.38. The number of hydrogen-bond acceptors (Lipinski definition) is 3. The fraction of sp³-hybridized carbons (Fsp3) is 0.417. The lowest BCUT2D eigenvalue weighted by Gasteiger charge is -2.27. The summed E-state index contributed by atoms with van der Waals surface area (Å²) in [5, 5.41) is 13.4. The zero-order chi connectivity index (χ0) is 13.8. The molecule has 0 saturated carbocycles. The number of carbonyl (C=O) groups excluding carboxylic acids is 1. The summed E-state index contributed by atoms with van der Waals surface area (Å²) >= 11 is 5.80. The molecule has 1 rings (SSSR count). The molecule has 98 valence electrons. The molecule has 5 nitrogen and oxygen atoms in total. The van der Waals surface area contributed by atoms with Crippen LogP contribution in [0.3, 0.4) is 0 Å². The zero-order valence-electron chi connectivity index (χ0n) is 10.3. The van der Waals surface area contributed by atoms with Crippen molar-refractivity contribution in [1.29, 1.82) is 0 Å². The Kier molecular flexibility index (Phi) is 4.67. The second kappa shape index (κ2) is 5.82. The Morgan fingerprint density at radius 3 is 2.72 bits per heavy atom. The van der Waals surface area contributed by atoms with Gasteiger partial charge >= 0.3 is 0 Å². The molecule has 1 amide bonds. The molecule has 0 spiro atoms. The molecule has 1 unspecified atom stereocenters. The van der Waals surface area contributed by atoms with Crippen molar-refractivity contribution in [3.63, 3.8) is 0 Å². The number of benzene rings is 1. The van der Waals surface area contributed by atoms with E-state index < -0.39 is 10.5 Å². The molecule has 18 heavy (non-hydrogen) atoms. The molecule has 0 saturated heterocycles. The number of hydrogen-bond donors (Lipinski definition) is 1. The number of nitrogens with one attached hydrogen (secondary N) is 1. The first-order valence-corrected chi connectivity index (χ1v) is 6.08. The Balaban J connectivity index is 2.91. The van der Waals surface area contributed by atoms with Crippen molar-refractivity contribution < 1.29 is 9.72 Å². The van der Waals surface area contributed by atoms with Gasteiger partial charge in [-0.3, -0.25) is 14.9 Å². The van der Waals surface area contributed by atoms with Gasteiger partial charge in [-0.15, -0.1) is 11.6 Å². The highest BCUT2D eigenvalue weighted by atomic mass is 35.5. The number of alkyl halides is 1. The highest BCUT2D eigenvalue weighted by Gasteiger charge is 2.24. The van der Waals surface area contributed by atoms with Crippen molar-refractivity contribution in [3.05, 3.63) is 39.9 Å². The van der Waals surface area contributed by atoms with Crippen LogP contribution in [0.4, 0.5) is 5.69 Å². The molecule has 6 heteroatoms. The normalized spacial score (nSPS) is 13.7. The van der Waals surface area contributed by atoms with Gasteiger partial charge in [-0.25, -0.2) is 0 Å². The first-order valence-electron chi connectivity index (χ1n) is 5.55. The number of nitrogens with zero attached hydrogens (tertiary/aromatic N) is 1. The zero-order valence-corrected chi connectivity index (χ0v) is 11.0. The van der Waals surface area contributed by atoms with Gasteiger partial charge in [-0.05, 0) is 19.4 Å². The summed E-state index contributed by atoms with van der Waals surface area (Å²) in [4.78, 5) is 22.1. The third-order valence-electron chi connectivity index (χ3n) is 2.81. The third kappa shape index (κ3) is 3.43. The summed E-state index contributed by atoms with van der Waals surface area (Å²) in [7, 11) is 0. The maximum absolute atomic E-state index is 12.0. The van der Waals surface area contributed by atoms with Crippen LogP contribution in [0, 0.1) is 10.1 Å². The fourth-order valence-electron chi connectivity index (χ4n) is 1.32. The summed E-state index contributed by atoms with van der Waals surface area (Å²) in [5.41, 5.74) is -0.357. The molecule has 1 aromatic carbocycles. The number of non-ortho nitro benzene ring substituents is 1. The molecule has 0 aliphatic rings.